The molecule has 0 saturated carbocycles. The summed E-state index contributed by atoms with van der Waals surface area (Å²) in [7, 11) is 0. The molecule has 0 amide bonds. The van der Waals surface area contributed by atoms with Gasteiger partial charge in [-0.15, -0.1) is 0 Å². The highest BCUT2D eigenvalue weighted by Crippen LogP contribution is 2.18. The molecule has 2 aromatic rings. The second-order valence-electron chi connectivity index (χ2n) is 4.92. The highest BCUT2D eigenvalue weighted by molar-refractivity contribution is 5.11. The predicted octanol–water partition coefficient (Wildman–Crippen LogP) is 2.17. The van der Waals surface area contributed by atoms with Crippen LogP contribution in [0, 0.1) is 12.9 Å². The van der Waals surface area contributed by atoms with Crippen molar-refractivity contribution in [3.63, 3.8) is 0 Å². The number of aryl methyl sites for hydroxylation is 1. The van der Waals surface area contributed by atoms with Gasteiger partial charge in [0, 0.05) is 32.6 Å². The molecule has 3 heterocycles. The largest absolute Gasteiger partial charge is 0.473 e. The molecule has 106 valence electrons. The van der Waals surface area contributed by atoms with Crippen molar-refractivity contribution in [3.05, 3.63) is 42.0 Å². The third-order valence-electron chi connectivity index (χ3n) is 3.26. The molecule has 0 N–H and O–H groups in total. The lowest BCUT2D eigenvalue weighted by molar-refractivity contribution is 0.189. The second kappa shape index (κ2) is 5.58. The molecule has 1 atom stereocenters. The zero-order valence-electron chi connectivity index (χ0n) is 11.3. The summed E-state index contributed by atoms with van der Waals surface area (Å²) in [6.45, 7) is 4.28. The van der Waals surface area contributed by atoms with Crippen LogP contribution in [-0.4, -0.2) is 34.1 Å². The summed E-state index contributed by atoms with van der Waals surface area (Å²) in [5.74, 6) is 0.500. The van der Waals surface area contributed by atoms with Crippen molar-refractivity contribution < 1.29 is 13.5 Å². The number of ether oxygens (including phenoxy) is 1. The van der Waals surface area contributed by atoms with E-state index < -0.39 is 5.95 Å². The normalized spacial score (nSPS) is 19.4. The Hall–Kier alpha value is -1.95. The van der Waals surface area contributed by atoms with Crippen LogP contribution in [0.1, 0.15) is 18.0 Å². The number of aromatic nitrogens is 2. The Morgan fingerprint density at radius 2 is 2.35 bits per heavy atom. The third-order valence-corrected chi connectivity index (χ3v) is 3.26. The average molecular weight is 277 g/mol. The van der Waals surface area contributed by atoms with E-state index in [0.717, 1.165) is 31.7 Å². The monoisotopic (exact) mass is 277 g/mol. The van der Waals surface area contributed by atoms with Crippen molar-refractivity contribution in [3.8, 4) is 5.88 Å². The highest BCUT2D eigenvalue weighted by Gasteiger charge is 2.25. The van der Waals surface area contributed by atoms with Gasteiger partial charge in [0.25, 0.3) is 0 Å². The maximum absolute atomic E-state index is 13.0. The van der Waals surface area contributed by atoms with Crippen molar-refractivity contribution in [1.29, 1.82) is 0 Å². The summed E-state index contributed by atoms with van der Waals surface area (Å²) in [6.07, 6.45) is 2.62. The van der Waals surface area contributed by atoms with Crippen molar-refractivity contribution in [2.24, 2.45) is 0 Å². The van der Waals surface area contributed by atoms with E-state index in [-0.39, 0.29) is 6.10 Å². The van der Waals surface area contributed by atoms with Crippen LogP contribution in [0.2, 0.25) is 0 Å². The molecule has 0 bridgehead atoms. The number of hydrogen-bond donors (Lipinski definition) is 0. The first-order chi connectivity index (χ1) is 9.69. The summed E-state index contributed by atoms with van der Waals surface area (Å²) in [5, 5.41) is 0. The van der Waals surface area contributed by atoms with E-state index in [1.807, 2.05) is 6.92 Å². The molecular weight excluding hydrogens is 261 g/mol. The lowest BCUT2D eigenvalue weighted by Crippen LogP contribution is -2.25. The van der Waals surface area contributed by atoms with Crippen LogP contribution >= 0.6 is 0 Å². The summed E-state index contributed by atoms with van der Waals surface area (Å²) in [6, 6.07) is 4.58. The Bertz CT molecular complexity index is 587. The Morgan fingerprint density at radius 1 is 1.45 bits per heavy atom. The van der Waals surface area contributed by atoms with Crippen LogP contribution in [-0.2, 0) is 6.54 Å². The van der Waals surface area contributed by atoms with Crippen molar-refractivity contribution in [1.82, 2.24) is 14.9 Å². The van der Waals surface area contributed by atoms with Gasteiger partial charge in [-0.25, -0.2) is 4.98 Å². The molecular formula is C14H16FN3O2. The number of halogens is 1. The predicted molar refractivity (Wildman–Crippen MR) is 69.7 cm³/mol. The Labute approximate surface area is 116 Å². The van der Waals surface area contributed by atoms with Crippen LogP contribution < -0.4 is 4.74 Å². The van der Waals surface area contributed by atoms with Gasteiger partial charge in [-0.2, -0.15) is 9.37 Å². The molecule has 1 aliphatic heterocycles. The fourth-order valence-corrected chi connectivity index (χ4v) is 2.37. The van der Waals surface area contributed by atoms with Crippen molar-refractivity contribution in [2.45, 2.75) is 26.0 Å². The SMILES string of the molecule is Cc1nc(CN2CCC(Oc3cccc(F)n3)C2)co1. The number of rotatable bonds is 4. The molecule has 0 spiro atoms. The molecule has 6 heteroatoms. The smallest absolute Gasteiger partial charge is 0.216 e. The van der Waals surface area contributed by atoms with Crippen LogP contribution in [0.3, 0.4) is 0 Å². The van der Waals surface area contributed by atoms with Gasteiger partial charge in [0.1, 0.15) is 12.4 Å². The van der Waals surface area contributed by atoms with Gasteiger partial charge in [0.05, 0.1) is 5.69 Å². The highest BCUT2D eigenvalue weighted by atomic mass is 19.1. The van der Waals surface area contributed by atoms with Gasteiger partial charge in [-0.3, -0.25) is 4.90 Å². The van der Waals surface area contributed by atoms with E-state index in [1.165, 1.54) is 6.07 Å². The van der Waals surface area contributed by atoms with E-state index in [1.54, 1.807) is 18.4 Å². The Balaban J connectivity index is 1.54. The van der Waals surface area contributed by atoms with E-state index in [9.17, 15) is 4.39 Å². The summed E-state index contributed by atoms with van der Waals surface area (Å²) in [4.78, 5) is 10.2. The van der Waals surface area contributed by atoms with E-state index in [4.69, 9.17) is 9.15 Å². The zero-order valence-corrected chi connectivity index (χ0v) is 11.3. The molecule has 1 fully saturated rings. The molecule has 20 heavy (non-hydrogen) atoms. The van der Waals surface area contributed by atoms with E-state index in [0.29, 0.717) is 11.8 Å². The third kappa shape index (κ3) is 3.14. The fourth-order valence-electron chi connectivity index (χ4n) is 2.37. The molecule has 5 nitrogen and oxygen atoms in total. The van der Waals surface area contributed by atoms with Gasteiger partial charge in [0.15, 0.2) is 5.89 Å². The van der Waals surface area contributed by atoms with E-state index >= 15 is 0 Å². The molecule has 1 unspecified atom stereocenters. The second-order valence-corrected chi connectivity index (χ2v) is 4.92. The lowest BCUT2D eigenvalue weighted by Gasteiger charge is -2.15. The first kappa shape index (κ1) is 13.1. The van der Waals surface area contributed by atoms with Gasteiger partial charge in [-0.1, -0.05) is 6.07 Å². The Morgan fingerprint density at radius 3 is 3.10 bits per heavy atom. The van der Waals surface area contributed by atoms with Crippen molar-refractivity contribution >= 4 is 0 Å². The molecule has 0 aromatic carbocycles. The molecule has 0 aliphatic carbocycles. The average Bonchev–Trinajstić information content (AvgIpc) is 3.00. The number of hydrogen-bond acceptors (Lipinski definition) is 5. The topological polar surface area (TPSA) is 51.4 Å². The van der Waals surface area contributed by atoms with Crippen LogP contribution in [0.25, 0.3) is 0 Å². The summed E-state index contributed by atoms with van der Waals surface area (Å²) in [5.41, 5.74) is 0.923. The van der Waals surface area contributed by atoms with Gasteiger partial charge >= 0.3 is 0 Å². The van der Waals surface area contributed by atoms with Gasteiger partial charge in [0.2, 0.25) is 11.8 Å². The maximum Gasteiger partial charge on any atom is 0.216 e. The first-order valence-corrected chi connectivity index (χ1v) is 6.61. The van der Waals surface area contributed by atoms with Gasteiger partial charge < -0.3 is 9.15 Å². The van der Waals surface area contributed by atoms with Crippen LogP contribution in [0.5, 0.6) is 5.88 Å². The molecule has 0 radical (unpaired) electrons. The summed E-state index contributed by atoms with van der Waals surface area (Å²) < 4.78 is 23.9. The molecule has 2 aromatic heterocycles. The first-order valence-electron chi connectivity index (χ1n) is 6.61. The number of pyridine rings is 1. The minimum absolute atomic E-state index is 0.0392. The summed E-state index contributed by atoms with van der Waals surface area (Å²) >= 11 is 0. The lowest BCUT2D eigenvalue weighted by atomic mass is 10.3. The maximum atomic E-state index is 13.0. The van der Waals surface area contributed by atoms with Gasteiger partial charge in [-0.05, 0) is 12.5 Å². The van der Waals surface area contributed by atoms with E-state index in [2.05, 4.69) is 14.9 Å². The zero-order chi connectivity index (χ0) is 13.9. The molecule has 1 saturated heterocycles. The number of likely N-dealkylation sites (tertiary alicyclic amines) is 1. The quantitative estimate of drug-likeness (QED) is 0.802. The fraction of sp³-hybridized carbons (Fsp3) is 0.429. The minimum atomic E-state index is -0.518. The minimum Gasteiger partial charge on any atom is -0.473 e. The van der Waals surface area contributed by atoms with Crippen molar-refractivity contribution in [2.75, 3.05) is 13.1 Å². The molecule has 1 aliphatic rings. The Kier molecular flexibility index (Phi) is 3.64. The number of nitrogens with zero attached hydrogens (tertiary/aromatic N) is 3. The van der Waals surface area contributed by atoms with Crippen LogP contribution in [0.15, 0.2) is 28.9 Å². The van der Waals surface area contributed by atoms with Crippen LogP contribution in [0.4, 0.5) is 4.39 Å². The standard InChI is InChI=1S/C14H16FN3O2/c1-10-16-11(9-19-10)7-18-6-5-12(8-18)20-14-4-2-3-13(15)17-14/h2-4,9,12H,5-8H2,1H3. The molecule has 3 rings (SSSR count). The number of oxazole rings is 1.